The molecule has 1 atom stereocenters. The van der Waals surface area contributed by atoms with Gasteiger partial charge in [-0.2, -0.15) is 31.4 Å². The van der Waals surface area contributed by atoms with E-state index in [0.717, 1.165) is 12.3 Å². The number of aromatic amines is 1. The topological polar surface area (TPSA) is 93.7 Å². The van der Waals surface area contributed by atoms with Crippen molar-refractivity contribution in [1.82, 2.24) is 25.3 Å². The number of carbonyl (C=O) groups is 1. The maximum absolute atomic E-state index is 13.3. The van der Waals surface area contributed by atoms with Gasteiger partial charge in [0, 0.05) is 51.4 Å². The number of alkyl halides is 6. The van der Waals surface area contributed by atoms with Crippen molar-refractivity contribution in [1.29, 1.82) is 0 Å². The van der Waals surface area contributed by atoms with Crippen LogP contribution in [0.3, 0.4) is 0 Å². The molecule has 0 bridgehead atoms. The van der Waals surface area contributed by atoms with Gasteiger partial charge in [0.1, 0.15) is 11.4 Å². The van der Waals surface area contributed by atoms with E-state index < -0.39 is 35.1 Å². The van der Waals surface area contributed by atoms with Crippen LogP contribution in [0, 0.1) is 0 Å². The van der Waals surface area contributed by atoms with Gasteiger partial charge in [-0.05, 0) is 38.3 Å². The largest absolute Gasteiger partial charge is 0.422 e. The summed E-state index contributed by atoms with van der Waals surface area (Å²) >= 11 is 0. The summed E-state index contributed by atoms with van der Waals surface area (Å²) < 4.78 is 79.0. The third-order valence-electron chi connectivity index (χ3n) is 6.22. The average Bonchev–Trinajstić information content (AvgIpc) is 2.85. The number of amides is 1. The molecule has 0 aromatic carbocycles. The molecule has 1 aliphatic heterocycles. The summed E-state index contributed by atoms with van der Waals surface area (Å²) in [6.45, 7) is 7.74. The van der Waals surface area contributed by atoms with Crippen LogP contribution in [0.5, 0.6) is 0 Å². The van der Waals surface area contributed by atoms with Gasteiger partial charge >= 0.3 is 12.4 Å². The quantitative estimate of drug-likeness (QED) is 0.328. The van der Waals surface area contributed by atoms with Gasteiger partial charge in [0.15, 0.2) is 0 Å². The molecule has 1 aliphatic rings. The van der Waals surface area contributed by atoms with Crippen molar-refractivity contribution in [3.05, 3.63) is 50.7 Å². The first-order chi connectivity index (χ1) is 18.2. The average molecular weight is 565 g/mol. The fraction of sp³-hybridized carbons (Fsp3) is 0.600. The Morgan fingerprint density at radius 1 is 1.13 bits per heavy atom. The Morgan fingerprint density at radius 3 is 2.26 bits per heavy atom. The number of hydrogen-bond acceptors (Lipinski definition) is 6. The van der Waals surface area contributed by atoms with E-state index in [0.29, 0.717) is 38.4 Å². The lowest BCUT2D eigenvalue weighted by atomic mass is 10.0. The van der Waals surface area contributed by atoms with Crippen LogP contribution in [0.2, 0.25) is 0 Å². The molecule has 1 unspecified atom stereocenters. The highest BCUT2D eigenvalue weighted by Crippen LogP contribution is 2.30. The van der Waals surface area contributed by atoms with Gasteiger partial charge in [-0.25, -0.2) is 10.1 Å². The van der Waals surface area contributed by atoms with E-state index in [4.69, 9.17) is 0 Å². The van der Waals surface area contributed by atoms with Crippen molar-refractivity contribution in [2.24, 2.45) is 4.99 Å². The number of nitrogens with one attached hydrogen (secondary N) is 2. The molecule has 2 rings (SSSR count). The first-order valence-electron chi connectivity index (χ1n) is 12.6. The van der Waals surface area contributed by atoms with Crippen LogP contribution in [-0.4, -0.2) is 70.5 Å². The molecular weight excluding hydrogens is 530 g/mol. The summed E-state index contributed by atoms with van der Waals surface area (Å²) in [6.07, 6.45) is -5.24. The summed E-state index contributed by atoms with van der Waals surface area (Å²) in [5.74, 6) is 0.232. The predicted octanol–water partition coefficient (Wildman–Crippen LogP) is 4.19. The molecule has 2 N–H and O–H groups in total. The van der Waals surface area contributed by atoms with Crippen LogP contribution in [0.1, 0.15) is 57.4 Å². The molecule has 1 saturated heterocycles. The number of allylic oxidation sites excluding steroid dienone is 3. The van der Waals surface area contributed by atoms with Crippen LogP contribution in [0.15, 0.2) is 33.3 Å². The Bertz CT molecular complexity index is 1130. The highest BCUT2D eigenvalue weighted by atomic mass is 19.4. The van der Waals surface area contributed by atoms with Crippen LogP contribution >= 0.6 is 0 Å². The number of aromatic nitrogens is 2. The molecule has 39 heavy (non-hydrogen) atoms. The second-order valence-electron chi connectivity index (χ2n) is 9.03. The SMILES string of the molecule is C\C=C(/C=N\C(=C\CC)N1CCN(C(=O)CC(C)NCc2n[nH]c(=O)c(C(F)(F)F)c2CC)CC1)C(F)(F)F. The minimum atomic E-state index is -4.81. The second-order valence-corrected chi connectivity index (χ2v) is 9.03. The summed E-state index contributed by atoms with van der Waals surface area (Å²) in [7, 11) is 0. The molecule has 2 heterocycles. The summed E-state index contributed by atoms with van der Waals surface area (Å²) in [4.78, 5) is 32.0. The normalized spacial score (nSPS) is 16.8. The molecule has 8 nitrogen and oxygen atoms in total. The van der Waals surface area contributed by atoms with E-state index in [2.05, 4.69) is 15.4 Å². The van der Waals surface area contributed by atoms with Gasteiger partial charge in [-0.3, -0.25) is 9.59 Å². The second kappa shape index (κ2) is 13.8. The van der Waals surface area contributed by atoms with Gasteiger partial charge in [0.25, 0.3) is 5.56 Å². The number of rotatable bonds is 10. The molecule has 0 spiro atoms. The maximum Gasteiger partial charge on any atom is 0.422 e. The Balaban J connectivity index is 1.96. The maximum atomic E-state index is 13.3. The molecule has 1 amide bonds. The van der Waals surface area contributed by atoms with Crippen LogP contribution < -0.4 is 10.9 Å². The zero-order valence-electron chi connectivity index (χ0n) is 22.3. The van der Waals surface area contributed by atoms with Crippen molar-refractivity contribution in [3.8, 4) is 0 Å². The lowest BCUT2D eigenvalue weighted by Gasteiger charge is -2.36. The van der Waals surface area contributed by atoms with Crippen molar-refractivity contribution >= 4 is 12.1 Å². The number of nitrogens with zero attached hydrogens (tertiary/aromatic N) is 4. The van der Waals surface area contributed by atoms with Crippen molar-refractivity contribution in [2.45, 2.75) is 71.9 Å². The Morgan fingerprint density at radius 2 is 1.74 bits per heavy atom. The minimum Gasteiger partial charge on any atom is -0.353 e. The minimum absolute atomic E-state index is 0.0366. The number of H-pyrrole nitrogens is 1. The number of carbonyl (C=O) groups excluding carboxylic acids is 1. The standard InChI is InChI=1S/C25H34F6N6O2/c1-5-8-20(33-14-17(6-2)24(26,27)28)36-9-11-37(12-10-36)21(38)13-16(4)32-15-19-18(7-3)22(25(29,30)31)23(39)35-34-19/h6,8,14,16,32H,5,7,9-13,15H2,1-4H3,(H,35,39)/b17-6+,20-8-,33-14-. The number of aliphatic imine (C=N–C) groups is 1. The molecular formula is C25H34F6N6O2. The molecule has 0 saturated carbocycles. The molecule has 0 aliphatic carbocycles. The molecule has 1 aromatic rings. The fourth-order valence-electron chi connectivity index (χ4n) is 4.16. The number of piperazine rings is 1. The molecule has 1 aromatic heterocycles. The predicted molar refractivity (Wildman–Crippen MR) is 135 cm³/mol. The van der Waals surface area contributed by atoms with Crippen molar-refractivity contribution in [3.63, 3.8) is 0 Å². The number of halogens is 6. The highest BCUT2D eigenvalue weighted by Gasteiger charge is 2.38. The molecule has 218 valence electrons. The van der Waals surface area contributed by atoms with Gasteiger partial charge < -0.3 is 15.1 Å². The van der Waals surface area contributed by atoms with Crippen LogP contribution in [0.4, 0.5) is 26.3 Å². The Hall–Kier alpha value is -3.16. The summed E-state index contributed by atoms with van der Waals surface area (Å²) in [6, 6.07) is -0.398. The van der Waals surface area contributed by atoms with Gasteiger partial charge in [0.05, 0.1) is 11.3 Å². The third-order valence-corrected chi connectivity index (χ3v) is 6.22. The lowest BCUT2D eigenvalue weighted by molar-refractivity contribution is -0.139. The van der Waals surface area contributed by atoms with Gasteiger partial charge in [-0.15, -0.1) is 0 Å². The molecule has 14 heteroatoms. The first-order valence-corrected chi connectivity index (χ1v) is 12.6. The summed E-state index contributed by atoms with van der Waals surface area (Å²) in [5.41, 5.74) is -3.55. The smallest absolute Gasteiger partial charge is 0.353 e. The van der Waals surface area contributed by atoms with Crippen molar-refractivity contribution < 1.29 is 31.1 Å². The fourth-order valence-corrected chi connectivity index (χ4v) is 4.16. The lowest BCUT2D eigenvalue weighted by Crippen LogP contribution is -2.49. The molecule has 1 fully saturated rings. The van der Waals surface area contributed by atoms with Crippen molar-refractivity contribution in [2.75, 3.05) is 26.2 Å². The van der Waals surface area contributed by atoms with E-state index >= 15 is 0 Å². The van der Waals surface area contributed by atoms with E-state index in [1.54, 1.807) is 17.9 Å². The first kappa shape index (κ1) is 32.1. The number of hydrogen-bond donors (Lipinski definition) is 2. The van der Waals surface area contributed by atoms with Crippen LogP contribution in [0.25, 0.3) is 0 Å². The zero-order chi connectivity index (χ0) is 29.4. The van der Waals surface area contributed by atoms with E-state index in [9.17, 15) is 35.9 Å². The van der Waals surface area contributed by atoms with Gasteiger partial charge in [-0.1, -0.05) is 19.9 Å². The molecule has 0 radical (unpaired) electrons. The van der Waals surface area contributed by atoms with Crippen LogP contribution in [-0.2, 0) is 23.9 Å². The van der Waals surface area contributed by atoms with E-state index in [-0.39, 0.29) is 36.6 Å². The monoisotopic (exact) mass is 564 g/mol. The third kappa shape index (κ3) is 8.94. The summed E-state index contributed by atoms with van der Waals surface area (Å²) in [5, 5.41) is 8.66. The van der Waals surface area contributed by atoms with Gasteiger partial charge in [0.2, 0.25) is 5.91 Å². The highest BCUT2D eigenvalue weighted by molar-refractivity contribution is 5.81. The Kier molecular flexibility index (Phi) is 11.3. The Labute approximate surface area is 222 Å². The van der Waals surface area contributed by atoms with E-state index in [1.807, 2.05) is 16.9 Å². The zero-order valence-corrected chi connectivity index (χ0v) is 22.3. The van der Waals surface area contributed by atoms with E-state index in [1.165, 1.54) is 13.8 Å².